The zero-order chi connectivity index (χ0) is 29.0. The fourth-order valence-corrected chi connectivity index (χ4v) is 7.81. The number of piperidine rings is 1. The molecule has 0 saturated carbocycles. The normalized spacial score (nSPS) is 23.7. The third-order valence-corrected chi connectivity index (χ3v) is 10.2. The van der Waals surface area contributed by atoms with Crippen molar-refractivity contribution in [3.8, 4) is 5.82 Å². The molecule has 0 spiro atoms. The second kappa shape index (κ2) is 10.7. The first-order valence-corrected chi connectivity index (χ1v) is 16.0. The molecule has 6 aliphatic rings. The van der Waals surface area contributed by atoms with Crippen LogP contribution in [0.25, 0.3) is 5.82 Å². The molecule has 2 aromatic heterocycles. The Kier molecular flexibility index (Phi) is 6.62. The smallest absolute Gasteiger partial charge is 0.248 e. The molecule has 0 radical (unpaired) electrons. The lowest BCUT2D eigenvalue weighted by Crippen LogP contribution is -2.44. The Bertz CT molecular complexity index is 1600. The highest BCUT2D eigenvalue weighted by Crippen LogP contribution is 2.48. The van der Waals surface area contributed by atoms with E-state index in [1.165, 1.54) is 43.1 Å². The van der Waals surface area contributed by atoms with Gasteiger partial charge < -0.3 is 26.2 Å². The van der Waals surface area contributed by atoms with Gasteiger partial charge in [0.05, 0.1) is 17.1 Å². The zero-order valence-electron chi connectivity index (χ0n) is 24.7. The number of benzene rings is 1. The van der Waals surface area contributed by atoms with E-state index in [0.717, 1.165) is 76.0 Å². The monoisotopic (exact) mass is 581 g/mol. The summed E-state index contributed by atoms with van der Waals surface area (Å²) in [4.78, 5) is 14.3. The standard InChI is InChI=1S/C33H40FN9/c34-26-20-23(5-6-28(26)42-18-10-24(11-19-42)41-16-1-2-17-41)37-32-39-31(35)43(40-32)29-21-25(30-27(38-29)4-3-15-36-30)33-12-7-22(8-13-33)9-14-33/h5-8,12,20-21,24,36H,1-4,9-11,13-19H2,(H3,35,37,39,40). The van der Waals surface area contributed by atoms with Gasteiger partial charge in [-0.1, -0.05) is 23.8 Å². The van der Waals surface area contributed by atoms with E-state index >= 15 is 4.39 Å². The van der Waals surface area contributed by atoms with Gasteiger partial charge in [-0.15, -0.1) is 5.10 Å². The lowest BCUT2D eigenvalue weighted by Gasteiger charge is -2.40. The van der Waals surface area contributed by atoms with Gasteiger partial charge in [-0.05, 0) is 101 Å². The van der Waals surface area contributed by atoms with Crippen molar-refractivity contribution < 1.29 is 4.39 Å². The summed E-state index contributed by atoms with van der Waals surface area (Å²) in [7, 11) is 0. The molecule has 9 nitrogen and oxygen atoms in total. The van der Waals surface area contributed by atoms with E-state index in [1.807, 2.05) is 12.1 Å². The number of hydrogen-bond acceptors (Lipinski definition) is 8. The van der Waals surface area contributed by atoms with Crippen molar-refractivity contribution in [3.63, 3.8) is 0 Å². The molecule has 1 aromatic carbocycles. The molecule has 3 aliphatic heterocycles. The molecule has 0 amide bonds. The average molecular weight is 582 g/mol. The summed E-state index contributed by atoms with van der Waals surface area (Å²) in [5, 5.41) is 11.5. The molecule has 3 aromatic rings. The van der Waals surface area contributed by atoms with Gasteiger partial charge in [-0.25, -0.2) is 9.37 Å². The van der Waals surface area contributed by atoms with Crippen LogP contribution in [0.4, 0.5) is 33.3 Å². The van der Waals surface area contributed by atoms with Crippen LogP contribution in [0.15, 0.2) is 48.1 Å². The number of aryl methyl sites for hydroxylation is 1. The van der Waals surface area contributed by atoms with Gasteiger partial charge in [-0.3, -0.25) is 0 Å². The summed E-state index contributed by atoms with van der Waals surface area (Å²) >= 11 is 0. The molecule has 2 fully saturated rings. The predicted molar refractivity (Wildman–Crippen MR) is 169 cm³/mol. The number of aromatic nitrogens is 4. The van der Waals surface area contributed by atoms with E-state index in [1.54, 1.807) is 4.68 Å². The largest absolute Gasteiger partial charge is 0.383 e. The van der Waals surface area contributed by atoms with E-state index in [0.29, 0.717) is 29.2 Å². The molecule has 9 rings (SSSR count). The van der Waals surface area contributed by atoms with Crippen LogP contribution in [0.2, 0.25) is 0 Å². The van der Waals surface area contributed by atoms with Crippen LogP contribution in [0.1, 0.15) is 62.6 Å². The minimum atomic E-state index is -0.241. The van der Waals surface area contributed by atoms with Gasteiger partial charge in [0.25, 0.3) is 0 Å². The fraction of sp³-hybridized carbons (Fsp3) is 0.485. The summed E-state index contributed by atoms with van der Waals surface area (Å²) in [5.74, 6) is 0.980. The number of likely N-dealkylation sites (tertiary alicyclic amines) is 1. The van der Waals surface area contributed by atoms with Gasteiger partial charge in [0.2, 0.25) is 11.9 Å². The Morgan fingerprint density at radius 2 is 1.88 bits per heavy atom. The van der Waals surface area contributed by atoms with Crippen molar-refractivity contribution in [2.45, 2.75) is 69.2 Å². The minimum absolute atomic E-state index is 0.0486. The van der Waals surface area contributed by atoms with E-state index in [9.17, 15) is 0 Å². The quantitative estimate of drug-likeness (QED) is 0.353. The van der Waals surface area contributed by atoms with Gasteiger partial charge in [-0.2, -0.15) is 9.67 Å². The third kappa shape index (κ3) is 4.85. The number of nitrogens with two attached hydrogens (primary N) is 1. The van der Waals surface area contributed by atoms with Crippen molar-refractivity contribution >= 4 is 29.0 Å². The number of fused-ring (bicyclic) bond motifs is 3. The van der Waals surface area contributed by atoms with Crippen LogP contribution in [0, 0.1) is 5.82 Å². The molecule has 2 saturated heterocycles. The topological polar surface area (TPSA) is 100 Å². The summed E-state index contributed by atoms with van der Waals surface area (Å²) < 4.78 is 17.0. The summed E-state index contributed by atoms with van der Waals surface area (Å²) in [6, 6.07) is 8.04. The first-order valence-electron chi connectivity index (χ1n) is 16.0. The molecule has 10 heteroatoms. The van der Waals surface area contributed by atoms with Crippen molar-refractivity contribution in [1.29, 1.82) is 0 Å². The predicted octanol–water partition coefficient (Wildman–Crippen LogP) is 5.47. The SMILES string of the molecule is Nc1nc(Nc2ccc(N3CCC(N4CCCC4)CC3)c(F)c2)nn1-c1cc(C23C=CC(=CC2)CC3)c2c(n1)CCCN2. The molecule has 43 heavy (non-hydrogen) atoms. The molecular formula is C33H40FN9. The highest BCUT2D eigenvalue weighted by Gasteiger charge is 2.38. The Morgan fingerprint density at radius 3 is 2.63 bits per heavy atom. The molecule has 2 bridgehead atoms. The number of nitrogens with zero attached hydrogens (tertiary/aromatic N) is 6. The van der Waals surface area contributed by atoms with Crippen molar-refractivity contribution in [1.82, 2.24) is 24.6 Å². The van der Waals surface area contributed by atoms with Crippen LogP contribution in [-0.2, 0) is 11.8 Å². The number of allylic oxidation sites excluding steroid dienone is 4. The molecule has 3 aliphatic carbocycles. The number of nitrogens with one attached hydrogen (secondary N) is 2. The van der Waals surface area contributed by atoms with Gasteiger partial charge in [0.15, 0.2) is 5.82 Å². The highest BCUT2D eigenvalue weighted by atomic mass is 19.1. The van der Waals surface area contributed by atoms with Gasteiger partial charge in [0, 0.05) is 36.8 Å². The number of halogens is 1. The van der Waals surface area contributed by atoms with Crippen LogP contribution in [-0.4, -0.2) is 63.4 Å². The first kappa shape index (κ1) is 26.7. The van der Waals surface area contributed by atoms with Crippen LogP contribution in [0.3, 0.4) is 0 Å². The van der Waals surface area contributed by atoms with E-state index in [2.05, 4.69) is 54.8 Å². The highest BCUT2D eigenvalue weighted by molar-refractivity contribution is 5.65. The molecule has 4 N–H and O–H groups in total. The second-order valence-electron chi connectivity index (χ2n) is 12.8. The Labute approximate surface area is 252 Å². The molecule has 1 unspecified atom stereocenters. The van der Waals surface area contributed by atoms with E-state index < -0.39 is 0 Å². The Morgan fingerprint density at radius 1 is 1.02 bits per heavy atom. The lowest BCUT2D eigenvalue weighted by atomic mass is 9.65. The van der Waals surface area contributed by atoms with Crippen molar-refractivity contribution in [3.05, 3.63) is 65.1 Å². The van der Waals surface area contributed by atoms with Gasteiger partial charge in [0.1, 0.15) is 5.82 Å². The van der Waals surface area contributed by atoms with Crippen LogP contribution >= 0.6 is 0 Å². The maximum Gasteiger partial charge on any atom is 0.248 e. The minimum Gasteiger partial charge on any atom is -0.383 e. The van der Waals surface area contributed by atoms with E-state index in [-0.39, 0.29) is 17.2 Å². The first-order chi connectivity index (χ1) is 21.0. The number of hydrogen-bond donors (Lipinski definition) is 3. The fourth-order valence-electron chi connectivity index (χ4n) is 7.81. The molecule has 5 heterocycles. The van der Waals surface area contributed by atoms with Gasteiger partial charge >= 0.3 is 0 Å². The van der Waals surface area contributed by atoms with Crippen molar-refractivity contribution in [2.75, 3.05) is 54.0 Å². The van der Waals surface area contributed by atoms with Crippen LogP contribution in [0.5, 0.6) is 0 Å². The van der Waals surface area contributed by atoms with Crippen LogP contribution < -0.4 is 21.3 Å². The third-order valence-electron chi connectivity index (χ3n) is 10.2. The maximum absolute atomic E-state index is 15.4. The Balaban J connectivity index is 1.02. The molecular weight excluding hydrogens is 541 g/mol. The number of pyridine rings is 1. The molecule has 224 valence electrons. The number of anilines is 5. The summed E-state index contributed by atoms with van der Waals surface area (Å²) in [6.07, 6.45) is 16.9. The zero-order valence-corrected chi connectivity index (χ0v) is 24.7. The molecule has 1 atom stereocenters. The van der Waals surface area contributed by atoms with Crippen molar-refractivity contribution in [2.24, 2.45) is 0 Å². The summed E-state index contributed by atoms with van der Waals surface area (Å²) in [6.45, 7) is 5.14. The number of rotatable bonds is 6. The average Bonchev–Trinajstić information content (AvgIpc) is 3.72. The van der Waals surface area contributed by atoms with E-state index in [4.69, 9.17) is 10.7 Å². The second-order valence-corrected chi connectivity index (χ2v) is 12.8. The summed E-state index contributed by atoms with van der Waals surface area (Å²) in [5.41, 5.74) is 12.5. The lowest BCUT2D eigenvalue weighted by molar-refractivity contribution is 0.207. The number of nitrogen functional groups attached to an aromatic ring is 1. The Hall–Kier alpha value is -3.92. The maximum atomic E-state index is 15.4.